The molecule has 0 aliphatic carbocycles. The summed E-state index contributed by atoms with van der Waals surface area (Å²) in [6.45, 7) is 8.43. The molecule has 1 N–H and O–H groups in total. The molecule has 9 nitrogen and oxygen atoms in total. The van der Waals surface area contributed by atoms with Crippen LogP contribution in [-0.4, -0.2) is 50.8 Å². The molecule has 0 saturated heterocycles. The highest BCUT2D eigenvalue weighted by Gasteiger charge is 2.26. The fraction of sp³-hybridized carbons (Fsp3) is 0.258. The molecule has 2 aromatic heterocycles. The van der Waals surface area contributed by atoms with E-state index in [1.54, 1.807) is 28.7 Å². The number of hydrogen-bond donors (Lipinski definition) is 1. The number of carbonyl (C=O) groups is 2. The molecule has 0 saturated carbocycles. The minimum absolute atomic E-state index is 0.309. The first kappa shape index (κ1) is 28.0. The van der Waals surface area contributed by atoms with Gasteiger partial charge >= 0.3 is 6.09 Å². The third-order valence-corrected chi connectivity index (χ3v) is 7.28. The van der Waals surface area contributed by atoms with Gasteiger partial charge in [-0.15, -0.1) is 11.3 Å². The number of ether oxygens (including phenoxy) is 2. The third kappa shape index (κ3) is 6.78. The molecule has 0 spiro atoms. The van der Waals surface area contributed by atoms with Crippen LogP contribution >= 0.6 is 11.3 Å². The van der Waals surface area contributed by atoms with Gasteiger partial charge in [0.05, 0.1) is 12.4 Å². The number of nitrogens with one attached hydrogen (secondary N) is 1. The summed E-state index contributed by atoms with van der Waals surface area (Å²) >= 11 is 1.37. The zero-order valence-corrected chi connectivity index (χ0v) is 24.2. The number of nitrogens with zero attached hydrogens (tertiary/aromatic N) is 4. The molecule has 2 amide bonds. The number of benzene rings is 2. The van der Waals surface area contributed by atoms with Gasteiger partial charge in [-0.25, -0.2) is 9.78 Å². The highest BCUT2D eigenvalue weighted by Crippen LogP contribution is 2.38. The standard InChI is InChI=1S/C31H31N5O4S/c1-20-26(39-23-8-6-5-7-9-23)11-10-24(27(20)21-13-16-36(17-14-21)30(38)40-31(2,3)4)34-28(37)25-19-41-29(35-25)22-12-15-32-33-18-22/h5-13,15,18-19H,14,16-17H2,1-4H3,(H,34,37). The van der Waals surface area contributed by atoms with E-state index in [1.165, 1.54) is 11.3 Å². The van der Waals surface area contributed by atoms with Gasteiger partial charge in [-0.1, -0.05) is 24.3 Å². The van der Waals surface area contributed by atoms with Crippen LogP contribution in [0.5, 0.6) is 11.5 Å². The summed E-state index contributed by atoms with van der Waals surface area (Å²) in [5.41, 5.74) is 3.94. The van der Waals surface area contributed by atoms with E-state index in [2.05, 4.69) is 20.5 Å². The Balaban J connectivity index is 1.44. The van der Waals surface area contributed by atoms with Gasteiger partial charge in [0.15, 0.2) is 0 Å². The van der Waals surface area contributed by atoms with Crippen molar-refractivity contribution >= 4 is 34.6 Å². The fourth-order valence-electron chi connectivity index (χ4n) is 4.44. The second kappa shape index (κ2) is 11.9. The zero-order valence-electron chi connectivity index (χ0n) is 23.4. The van der Waals surface area contributed by atoms with Crippen LogP contribution in [0.3, 0.4) is 0 Å². The van der Waals surface area contributed by atoms with E-state index in [1.807, 2.05) is 76.2 Å². The lowest BCUT2D eigenvalue weighted by molar-refractivity contribution is 0.0270. The highest BCUT2D eigenvalue weighted by atomic mass is 32.1. The first-order valence-corrected chi connectivity index (χ1v) is 14.1. The number of thiazole rings is 1. The Kier molecular flexibility index (Phi) is 8.11. The van der Waals surface area contributed by atoms with E-state index >= 15 is 0 Å². The molecule has 0 bridgehead atoms. The molecule has 2 aromatic carbocycles. The molecule has 5 rings (SSSR count). The summed E-state index contributed by atoms with van der Waals surface area (Å²) in [6, 6.07) is 15.1. The zero-order chi connectivity index (χ0) is 29.0. The van der Waals surface area contributed by atoms with E-state index in [-0.39, 0.29) is 12.0 Å². The number of para-hydroxylation sites is 1. The lowest BCUT2D eigenvalue weighted by atomic mass is 9.93. The van der Waals surface area contributed by atoms with E-state index in [0.717, 1.165) is 22.3 Å². The second-order valence-electron chi connectivity index (χ2n) is 10.6. The van der Waals surface area contributed by atoms with Gasteiger partial charge in [-0.05, 0) is 70.0 Å². The second-order valence-corrected chi connectivity index (χ2v) is 11.4. The van der Waals surface area contributed by atoms with Gasteiger partial charge in [-0.3, -0.25) is 4.79 Å². The predicted molar refractivity (Wildman–Crippen MR) is 159 cm³/mol. The molecule has 210 valence electrons. The Labute approximate surface area is 242 Å². The molecule has 0 radical (unpaired) electrons. The Hall–Kier alpha value is -4.57. The number of carbonyl (C=O) groups excluding carboxylic acids is 2. The first-order chi connectivity index (χ1) is 19.7. The molecule has 4 aromatic rings. The molecule has 1 aliphatic rings. The summed E-state index contributed by atoms with van der Waals surface area (Å²) in [5, 5.41) is 13.2. The van der Waals surface area contributed by atoms with Gasteiger partial charge in [0.25, 0.3) is 5.91 Å². The molecular formula is C31H31N5O4S. The number of rotatable bonds is 6. The van der Waals surface area contributed by atoms with Crippen LogP contribution < -0.4 is 10.1 Å². The van der Waals surface area contributed by atoms with E-state index in [9.17, 15) is 9.59 Å². The van der Waals surface area contributed by atoms with Gasteiger partial charge in [-0.2, -0.15) is 10.2 Å². The van der Waals surface area contributed by atoms with Crippen LogP contribution in [0, 0.1) is 6.92 Å². The molecule has 1 aliphatic heterocycles. The van der Waals surface area contributed by atoms with Gasteiger partial charge in [0.2, 0.25) is 0 Å². The normalized spacial score (nSPS) is 13.4. The number of amides is 2. The Bertz CT molecular complexity index is 1580. The fourth-order valence-corrected chi connectivity index (χ4v) is 5.23. The topological polar surface area (TPSA) is 107 Å². The summed E-state index contributed by atoms with van der Waals surface area (Å²) in [7, 11) is 0. The van der Waals surface area contributed by atoms with Crippen molar-refractivity contribution in [3.63, 3.8) is 0 Å². The average molecular weight is 570 g/mol. The van der Waals surface area contributed by atoms with Crippen LogP contribution in [-0.2, 0) is 4.74 Å². The summed E-state index contributed by atoms with van der Waals surface area (Å²) in [4.78, 5) is 32.2. The van der Waals surface area contributed by atoms with E-state index in [4.69, 9.17) is 9.47 Å². The van der Waals surface area contributed by atoms with Crippen LogP contribution in [0.15, 0.2) is 72.4 Å². The first-order valence-electron chi connectivity index (χ1n) is 13.3. The Morgan fingerprint density at radius 1 is 1.05 bits per heavy atom. The lowest BCUT2D eigenvalue weighted by Crippen LogP contribution is -2.39. The van der Waals surface area contributed by atoms with Crippen molar-refractivity contribution in [1.82, 2.24) is 20.1 Å². The van der Waals surface area contributed by atoms with Crippen molar-refractivity contribution < 1.29 is 19.1 Å². The van der Waals surface area contributed by atoms with Gasteiger partial charge < -0.3 is 19.7 Å². The highest BCUT2D eigenvalue weighted by molar-refractivity contribution is 7.13. The van der Waals surface area contributed by atoms with Crippen molar-refractivity contribution in [3.8, 4) is 22.1 Å². The quantitative estimate of drug-likeness (QED) is 0.267. The Morgan fingerprint density at radius 2 is 1.85 bits per heavy atom. The van der Waals surface area contributed by atoms with Crippen LogP contribution in [0.25, 0.3) is 16.1 Å². The summed E-state index contributed by atoms with van der Waals surface area (Å²) in [6.07, 6.45) is 5.46. The number of aromatic nitrogens is 3. The molecular weight excluding hydrogens is 538 g/mol. The van der Waals surface area contributed by atoms with Gasteiger partial charge in [0.1, 0.15) is 27.8 Å². The monoisotopic (exact) mass is 569 g/mol. The lowest BCUT2D eigenvalue weighted by Gasteiger charge is -2.30. The summed E-state index contributed by atoms with van der Waals surface area (Å²) < 4.78 is 11.8. The maximum Gasteiger partial charge on any atom is 0.410 e. The SMILES string of the molecule is Cc1c(Oc2ccccc2)ccc(NC(=O)c2csc(-c3ccnnc3)n2)c1C1=CCN(C(=O)OC(C)(C)C)CC1. The molecule has 0 atom stereocenters. The van der Waals surface area contributed by atoms with Crippen molar-refractivity contribution in [2.75, 3.05) is 18.4 Å². The molecule has 0 fully saturated rings. The summed E-state index contributed by atoms with van der Waals surface area (Å²) in [5.74, 6) is 1.08. The average Bonchev–Trinajstić information content (AvgIpc) is 3.46. The molecule has 41 heavy (non-hydrogen) atoms. The van der Waals surface area contributed by atoms with Crippen LogP contribution in [0.1, 0.15) is 48.8 Å². The van der Waals surface area contributed by atoms with Crippen molar-refractivity contribution in [3.05, 3.63) is 89.2 Å². The van der Waals surface area contributed by atoms with Crippen molar-refractivity contribution in [1.29, 1.82) is 0 Å². The minimum Gasteiger partial charge on any atom is -0.457 e. The molecule has 3 heterocycles. The van der Waals surface area contributed by atoms with Crippen molar-refractivity contribution in [2.24, 2.45) is 0 Å². The van der Waals surface area contributed by atoms with Crippen molar-refractivity contribution in [2.45, 2.75) is 39.7 Å². The maximum absolute atomic E-state index is 13.3. The molecule has 0 unspecified atom stereocenters. The number of hydrogen-bond acceptors (Lipinski definition) is 8. The Morgan fingerprint density at radius 3 is 2.54 bits per heavy atom. The maximum atomic E-state index is 13.3. The van der Waals surface area contributed by atoms with Gasteiger partial charge in [0, 0.05) is 40.8 Å². The molecule has 10 heteroatoms. The van der Waals surface area contributed by atoms with E-state index < -0.39 is 5.60 Å². The van der Waals surface area contributed by atoms with E-state index in [0.29, 0.717) is 47.4 Å². The predicted octanol–water partition coefficient (Wildman–Crippen LogP) is 6.98. The largest absolute Gasteiger partial charge is 0.457 e. The minimum atomic E-state index is -0.568. The third-order valence-electron chi connectivity index (χ3n) is 6.38. The smallest absolute Gasteiger partial charge is 0.410 e. The van der Waals surface area contributed by atoms with Crippen LogP contribution in [0.2, 0.25) is 0 Å². The van der Waals surface area contributed by atoms with Crippen LogP contribution in [0.4, 0.5) is 10.5 Å². The number of anilines is 1.